The third-order valence-electron chi connectivity index (χ3n) is 4.37. The Kier molecular flexibility index (Phi) is 2.37. The summed E-state index contributed by atoms with van der Waals surface area (Å²) in [5, 5.41) is 2.65. The summed E-state index contributed by atoms with van der Waals surface area (Å²) in [5.41, 5.74) is 5.33. The minimum atomic E-state index is -0.00664. The van der Waals surface area contributed by atoms with Crippen LogP contribution >= 0.6 is 15.9 Å². The van der Waals surface area contributed by atoms with E-state index in [0.29, 0.717) is 0 Å². The lowest BCUT2D eigenvalue weighted by molar-refractivity contribution is 0.662. The average molecular weight is 324 g/mol. The first-order chi connectivity index (χ1) is 9.60. The van der Waals surface area contributed by atoms with Crippen LogP contribution in [0.4, 0.5) is 0 Å². The van der Waals surface area contributed by atoms with E-state index in [4.69, 9.17) is 0 Å². The molecule has 1 aliphatic rings. The molecule has 1 aliphatic carbocycles. The highest BCUT2D eigenvalue weighted by atomic mass is 79.9. The molecular formula is C18H14BrN. The normalized spacial score (nSPS) is 15.2. The fourth-order valence-electron chi connectivity index (χ4n) is 3.57. The highest BCUT2D eigenvalue weighted by Gasteiger charge is 2.38. The smallest absolute Gasteiger partial charge is 0.0413 e. The predicted molar refractivity (Wildman–Crippen MR) is 87.0 cm³/mol. The Labute approximate surface area is 126 Å². The first-order valence-corrected chi connectivity index (χ1v) is 7.56. The molecule has 0 bridgehead atoms. The van der Waals surface area contributed by atoms with E-state index in [-0.39, 0.29) is 5.41 Å². The minimum Gasteiger partial charge on any atom is -0.263 e. The van der Waals surface area contributed by atoms with Gasteiger partial charge in [-0.25, -0.2) is 0 Å². The first kappa shape index (κ1) is 12.1. The van der Waals surface area contributed by atoms with Crippen molar-refractivity contribution in [1.82, 2.24) is 4.98 Å². The molecule has 3 aromatic rings. The van der Waals surface area contributed by atoms with Crippen LogP contribution in [0.2, 0.25) is 0 Å². The highest BCUT2D eigenvalue weighted by Crippen LogP contribution is 2.52. The second-order valence-corrected chi connectivity index (χ2v) is 6.73. The molecule has 0 saturated heterocycles. The zero-order valence-corrected chi connectivity index (χ0v) is 13.0. The Balaban J connectivity index is 2.20. The molecule has 0 atom stereocenters. The second kappa shape index (κ2) is 3.92. The third kappa shape index (κ3) is 1.40. The molecule has 0 unspecified atom stereocenters. The molecule has 98 valence electrons. The quantitative estimate of drug-likeness (QED) is 0.546. The molecule has 0 radical (unpaired) electrons. The molecule has 20 heavy (non-hydrogen) atoms. The van der Waals surface area contributed by atoms with Crippen LogP contribution < -0.4 is 0 Å². The van der Waals surface area contributed by atoms with Crippen molar-refractivity contribution < 1.29 is 0 Å². The molecule has 1 aromatic heterocycles. The summed E-state index contributed by atoms with van der Waals surface area (Å²) in [4.78, 5) is 4.35. The van der Waals surface area contributed by atoms with Crippen LogP contribution in [0.1, 0.15) is 25.0 Å². The van der Waals surface area contributed by atoms with Crippen molar-refractivity contribution in [3.63, 3.8) is 0 Å². The van der Waals surface area contributed by atoms with E-state index >= 15 is 0 Å². The monoisotopic (exact) mass is 323 g/mol. The maximum absolute atomic E-state index is 4.35. The lowest BCUT2D eigenvalue weighted by Crippen LogP contribution is -2.16. The molecule has 1 heterocycles. The van der Waals surface area contributed by atoms with Gasteiger partial charge in [-0.3, -0.25) is 4.98 Å². The SMILES string of the molecule is CC1(C)c2c(Br)cncc2-c2ccc3ccccc3c21. The van der Waals surface area contributed by atoms with Crippen molar-refractivity contribution >= 4 is 26.7 Å². The van der Waals surface area contributed by atoms with Crippen LogP contribution in [0.15, 0.2) is 53.3 Å². The van der Waals surface area contributed by atoms with Gasteiger partial charge in [-0.15, -0.1) is 0 Å². The zero-order valence-electron chi connectivity index (χ0n) is 11.4. The van der Waals surface area contributed by atoms with E-state index in [0.717, 1.165) is 4.47 Å². The van der Waals surface area contributed by atoms with Gasteiger partial charge >= 0.3 is 0 Å². The van der Waals surface area contributed by atoms with Crippen LogP contribution in [-0.2, 0) is 5.41 Å². The van der Waals surface area contributed by atoms with Gasteiger partial charge in [0.2, 0.25) is 0 Å². The summed E-state index contributed by atoms with van der Waals surface area (Å²) < 4.78 is 1.10. The van der Waals surface area contributed by atoms with Crippen molar-refractivity contribution in [3.05, 3.63) is 64.4 Å². The number of rotatable bonds is 0. The van der Waals surface area contributed by atoms with Gasteiger partial charge in [-0.1, -0.05) is 50.2 Å². The Bertz CT molecular complexity index is 849. The topological polar surface area (TPSA) is 12.9 Å². The summed E-state index contributed by atoms with van der Waals surface area (Å²) >= 11 is 3.68. The molecule has 0 fully saturated rings. The maximum Gasteiger partial charge on any atom is 0.0413 e. The van der Waals surface area contributed by atoms with E-state index in [1.807, 2.05) is 12.4 Å². The summed E-state index contributed by atoms with van der Waals surface area (Å²) in [5.74, 6) is 0. The standard InChI is InChI=1S/C18H14BrN/c1-18(2)16-12-6-4-3-5-11(12)7-8-13(16)14-9-20-10-15(19)17(14)18/h3-10H,1-2H3. The van der Waals surface area contributed by atoms with Crippen molar-refractivity contribution in [3.8, 4) is 11.1 Å². The number of benzene rings is 2. The Morgan fingerprint density at radius 3 is 2.55 bits per heavy atom. The average Bonchev–Trinajstić information content (AvgIpc) is 2.69. The van der Waals surface area contributed by atoms with Crippen LogP contribution in [0.3, 0.4) is 0 Å². The Morgan fingerprint density at radius 1 is 0.900 bits per heavy atom. The summed E-state index contributed by atoms with van der Waals surface area (Å²) in [6.45, 7) is 4.60. The molecule has 1 nitrogen and oxygen atoms in total. The molecule has 2 heteroatoms. The minimum absolute atomic E-state index is 0.00664. The van der Waals surface area contributed by atoms with E-state index in [1.165, 1.54) is 33.0 Å². The zero-order chi connectivity index (χ0) is 13.9. The fraction of sp³-hybridized carbons (Fsp3) is 0.167. The summed E-state index contributed by atoms with van der Waals surface area (Å²) in [7, 11) is 0. The van der Waals surface area contributed by atoms with Crippen molar-refractivity contribution in [2.45, 2.75) is 19.3 Å². The molecule has 0 N–H and O–H groups in total. The van der Waals surface area contributed by atoms with Gasteiger partial charge in [-0.2, -0.15) is 0 Å². The molecule has 4 rings (SSSR count). The van der Waals surface area contributed by atoms with Crippen LogP contribution in [0.5, 0.6) is 0 Å². The summed E-state index contributed by atoms with van der Waals surface area (Å²) in [6, 6.07) is 13.1. The van der Waals surface area contributed by atoms with Gasteiger partial charge in [0.15, 0.2) is 0 Å². The van der Waals surface area contributed by atoms with E-state index < -0.39 is 0 Å². The van der Waals surface area contributed by atoms with E-state index in [1.54, 1.807) is 0 Å². The van der Waals surface area contributed by atoms with Gasteiger partial charge in [-0.05, 0) is 43.4 Å². The summed E-state index contributed by atoms with van der Waals surface area (Å²) in [6.07, 6.45) is 3.89. The predicted octanol–water partition coefficient (Wildman–Crippen LogP) is 5.30. The van der Waals surface area contributed by atoms with Gasteiger partial charge in [0.05, 0.1) is 0 Å². The van der Waals surface area contributed by atoms with Gasteiger partial charge in [0.1, 0.15) is 0 Å². The maximum atomic E-state index is 4.35. The number of pyridine rings is 1. The van der Waals surface area contributed by atoms with Crippen LogP contribution in [-0.4, -0.2) is 4.98 Å². The lowest BCUT2D eigenvalue weighted by atomic mass is 9.80. The fourth-order valence-corrected chi connectivity index (χ4v) is 4.40. The van der Waals surface area contributed by atoms with Crippen LogP contribution in [0, 0.1) is 0 Å². The van der Waals surface area contributed by atoms with E-state index in [2.05, 4.69) is 71.2 Å². The molecule has 2 aromatic carbocycles. The number of fused-ring (bicyclic) bond motifs is 5. The molecule has 0 spiro atoms. The number of nitrogens with zero attached hydrogens (tertiary/aromatic N) is 1. The van der Waals surface area contributed by atoms with Crippen molar-refractivity contribution in [1.29, 1.82) is 0 Å². The number of hydrogen-bond acceptors (Lipinski definition) is 1. The first-order valence-electron chi connectivity index (χ1n) is 6.77. The number of aromatic nitrogens is 1. The van der Waals surface area contributed by atoms with Gasteiger partial charge in [0, 0.05) is 27.8 Å². The van der Waals surface area contributed by atoms with Crippen molar-refractivity contribution in [2.24, 2.45) is 0 Å². The molecular weight excluding hydrogens is 310 g/mol. The van der Waals surface area contributed by atoms with Gasteiger partial charge < -0.3 is 0 Å². The Hall–Kier alpha value is -1.67. The molecule has 0 aliphatic heterocycles. The van der Waals surface area contributed by atoms with E-state index in [9.17, 15) is 0 Å². The van der Waals surface area contributed by atoms with Crippen LogP contribution in [0.25, 0.3) is 21.9 Å². The number of halogens is 1. The Morgan fingerprint density at radius 2 is 1.70 bits per heavy atom. The molecule has 0 saturated carbocycles. The lowest BCUT2D eigenvalue weighted by Gasteiger charge is -2.24. The largest absolute Gasteiger partial charge is 0.263 e. The molecule has 0 amide bonds. The third-order valence-corrected chi connectivity index (χ3v) is 4.97. The van der Waals surface area contributed by atoms with Gasteiger partial charge in [0.25, 0.3) is 0 Å². The van der Waals surface area contributed by atoms with Crippen molar-refractivity contribution in [2.75, 3.05) is 0 Å². The highest BCUT2D eigenvalue weighted by molar-refractivity contribution is 9.10. The number of hydrogen-bond donors (Lipinski definition) is 0. The second-order valence-electron chi connectivity index (χ2n) is 5.88.